The van der Waals surface area contributed by atoms with E-state index in [1.54, 1.807) is 12.4 Å². The SMILES string of the molecule is OCC1CCN(C2CCC(n3nc(-c4ccc5[nH]c(Cc6ccccc6F)cc5c4)c4c([AsH2])ncnc43)CC2)CC1. The molecule has 212 valence electrons. The van der Waals surface area contributed by atoms with Crippen LogP contribution >= 0.6 is 0 Å². The van der Waals surface area contributed by atoms with E-state index >= 15 is 0 Å². The minimum absolute atomic E-state index is 0.179. The first-order chi connectivity index (χ1) is 20.1. The summed E-state index contributed by atoms with van der Waals surface area (Å²) in [5.41, 5.74) is 5.61. The zero-order valence-corrected chi connectivity index (χ0v) is 25.6. The third-order valence-corrected chi connectivity index (χ3v) is 10.2. The Morgan fingerprint density at radius 2 is 1.73 bits per heavy atom. The Hall–Kier alpha value is -3.06. The molecule has 7 rings (SSSR count). The summed E-state index contributed by atoms with van der Waals surface area (Å²) >= 11 is 1.49. The van der Waals surface area contributed by atoms with Gasteiger partial charge in [-0.3, -0.25) is 0 Å². The number of nitrogens with zero attached hydrogens (tertiary/aromatic N) is 5. The maximum atomic E-state index is 14.3. The van der Waals surface area contributed by atoms with Crippen LogP contribution in [0.25, 0.3) is 33.2 Å². The molecule has 1 aliphatic heterocycles. The third-order valence-electron chi connectivity index (χ3n) is 9.24. The number of benzene rings is 2. The first-order valence-corrected chi connectivity index (χ1v) is 16.0. The summed E-state index contributed by atoms with van der Waals surface area (Å²) < 4.78 is 17.4. The van der Waals surface area contributed by atoms with Crippen LogP contribution in [0.5, 0.6) is 0 Å². The molecule has 1 atom stereocenters. The number of likely N-dealkylation sites (tertiary alicyclic amines) is 1. The molecule has 0 amide bonds. The van der Waals surface area contributed by atoms with Gasteiger partial charge in [-0.15, -0.1) is 0 Å². The molecule has 2 fully saturated rings. The molecule has 4 heterocycles. The van der Waals surface area contributed by atoms with Crippen LogP contribution in [0, 0.1) is 11.7 Å². The van der Waals surface area contributed by atoms with E-state index in [2.05, 4.69) is 43.8 Å². The molecule has 7 nitrogen and oxygen atoms in total. The number of aromatic nitrogens is 5. The summed E-state index contributed by atoms with van der Waals surface area (Å²) in [6.07, 6.45) is 8.92. The van der Waals surface area contributed by atoms with Gasteiger partial charge in [0.25, 0.3) is 0 Å². The molecule has 0 radical (unpaired) electrons. The minimum atomic E-state index is -0.179. The summed E-state index contributed by atoms with van der Waals surface area (Å²) in [6, 6.07) is 16.4. The monoisotopic (exact) mass is 614 g/mol. The quantitative estimate of drug-likeness (QED) is 0.281. The van der Waals surface area contributed by atoms with Crippen LogP contribution in [0.4, 0.5) is 4.39 Å². The van der Waals surface area contributed by atoms with Gasteiger partial charge < -0.3 is 5.11 Å². The van der Waals surface area contributed by atoms with Crippen molar-refractivity contribution in [3.63, 3.8) is 0 Å². The van der Waals surface area contributed by atoms with E-state index in [1.807, 2.05) is 12.1 Å². The summed E-state index contributed by atoms with van der Waals surface area (Å²) in [4.78, 5) is 15.4. The molecule has 2 aliphatic rings. The molecule has 0 bridgehead atoms. The number of piperidine rings is 1. The van der Waals surface area contributed by atoms with Crippen LogP contribution in [0.1, 0.15) is 55.8 Å². The fourth-order valence-electron chi connectivity index (χ4n) is 6.90. The summed E-state index contributed by atoms with van der Waals surface area (Å²) in [6.45, 7) is 2.53. The van der Waals surface area contributed by atoms with Crippen molar-refractivity contribution in [3.8, 4) is 11.3 Å². The van der Waals surface area contributed by atoms with Gasteiger partial charge in [0.2, 0.25) is 0 Å². The van der Waals surface area contributed by atoms with Gasteiger partial charge in [0.05, 0.1) is 0 Å². The van der Waals surface area contributed by atoms with E-state index in [9.17, 15) is 9.50 Å². The Balaban J connectivity index is 1.15. The molecule has 5 aromatic rings. The zero-order valence-electron chi connectivity index (χ0n) is 23.1. The predicted octanol–water partition coefficient (Wildman–Crippen LogP) is 4.15. The number of fused-ring (bicyclic) bond motifs is 2. The summed E-state index contributed by atoms with van der Waals surface area (Å²) in [7, 11) is 0. The standard InChI is InChI=1S/C32H36AsFN6O/c33-31-29-30(22-5-10-28-23(15-22)17-24(37-28)16-21-3-1-2-4-27(21)34)38-40(32(29)36-19-35-31)26-8-6-25(7-9-26)39-13-11-20(18-41)12-14-39/h1-5,10,15,17,19-20,25-26,37,41H,6-9,11-14,16,18,33H2. The number of rotatable bonds is 6. The van der Waals surface area contributed by atoms with Gasteiger partial charge in [-0.25, -0.2) is 0 Å². The molecule has 2 aromatic carbocycles. The van der Waals surface area contributed by atoms with Gasteiger partial charge >= 0.3 is 230 Å². The Morgan fingerprint density at radius 1 is 0.951 bits per heavy atom. The number of hydrogen-bond donors (Lipinski definition) is 2. The molecule has 1 aliphatic carbocycles. The molecule has 0 spiro atoms. The molecular formula is C32H36AsFN6O. The molecular weight excluding hydrogens is 578 g/mol. The van der Waals surface area contributed by atoms with E-state index < -0.39 is 0 Å². The van der Waals surface area contributed by atoms with Crippen molar-refractivity contribution in [2.75, 3.05) is 19.7 Å². The number of halogens is 1. The third kappa shape index (κ3) is 5.22. The van der Waals surface area contributed by atoms with Gasteiger partial charge in [0, 0.05) is 6.61 Å². The Labute approximate surface area is 247 Å². The Bertz CT molecular complexity index is 1680. The van der Waals surface area contributed by atoms with Gasteiger partial charge in [-0.2, -0.15) is 0 Å². The topological polar surface area (TPSA) is 82.9 Å². The predicted molar refractivity (Wildman–Crippen MR) is 163 cm³/mol. The maximum absolute atomic E-state index is 14.3. The molecule has 1 saturated carbocycles. The molecule has 1 unspecified atom stereocenters. The van der Waals surface area contributed by atoms with Crippen LogP contribution in [-0.2, 0) is 6.42 Å². The van der Waals surface area contributed by atoms with Crippen LogP contribution in [0.2, 0.25) is 0 Å². The Kier molecular flexibility index (Phi) is 7.40. The van der Waals surface area contributed by atoms with Crippen molar-refractivity contribution in [3.05, 3.63) is 71.9 Å². The molecule has 41 heavy (non-hydrogen) atoms. The van der Waals surface area contributed by atoms with Crippen molar-refractivity contribution in [1.29, 1.82) is 0 Å². The van der Waals surface area contributed by atoms with Gasteiger partial charge in [-0.1, -0.05) is 6.07 Å². The van der Waals surface area contributed by atoms with Crippen LogP contribution in [0.3, 0.4) is 0 Å². The van der Waals surface area contributed by atoms with Crippen molar-refractivity contribution >= 4 is 43.3 Å². The van der Waals surface area contributed by atoms with Crippen molar-refractivity contribution < 1.29 is 9.50 Å². The number of nitrogens with one attached hydrogen (secondary N) is 1. The Morgan fingerprint density at radius 3 is 2.51 bits per heavy atom. The second-order valence-electron chi connectivity index (χ2n) is 11.7. The number of H-pyrrole nitrogens is 1. The zero-order chi connectivity index (χ0) is 27.9. The molecule has 9 heteroatoms. The van der Waals surface area contributed by atoms with Crippen molar-refractivity contribution in [1.82, 2.24) is 29.6 Å². The second-order valence-corrected chi connectivity index (χ2v) is 12.9. The van der Waals surface area contributed by atoms with Crippen molar-refractivity contribution in [2.45, 2.75) is 57.0 Å². The van der Waals surface area contributed by atoms with Gasteiger partial charge in [-0.05, 0) is 0 Å². The van der Waals surface area contributed by atoms with E-state index in [4.69, 9.17) is 10.1 Å². The average Bonchev–Trinajstić information content (AvgIpc) is 3.60. The number of aliphatic hydroxyl groups excluding tert-OH is 1. The van der Waals surface area contributed by atoms with Crippen LogP contribution < -0.4 is 4.48 Å². The van der Waals surface area contributed by atoms with E-state index in [0.717, 1.165) is 82.1 Å². The number of aliphatic hydroxyl groups is 1. The molecule has 1 saturated heterocycles. The van der Waals surface area contributed by atoms with Crippen LogP contribution in [0.15, 0.2) is 54.9 Å². The first kappa shape index (κ1) is 26.8. The van der Waals surface area contributed by atoms with E-state index in [0.29, 0.717) is 36.6 Å². The van der Waals surface area contributed by atoms with Gasteiger partial charge in [0.1, 0.15) is 0 Å². The fraction of sp³-hybridized carbons (Fsp3) is 0.406. The number of aromatic amines is 1. The van der Waals surface area contributed by atoms with E-state index in [1.165, 1.54) is 35.8 Å². The molecule has 2 N–H and O–H groups in total. The second kappa shape index (κ2) is 11.3. The fourth-order valence-corrected chi connectivity index (χ4v) is 7.60. The van der Waals surface area contributed by atoms with Gasteiger partial charge in [0.15, 0.2) is 0 Å². The van der Waals surface area contributed by atoms with E-state index in [-0.39, 0.29) is 5.82 Å². The van der Waals surface area contributed by atoms with Crippen molar-refractivity contribution in [2.24, 2.45) is 5.92 Å². The first-order valence-electron chi connectivity index (χ1n) is 14.8. The number of hydrogen-bond acceptors (Lipinski definition) is 5. The summed E-state index contributed by atoms with van der Waals surface area (Å²) in [5, 5.41) is 16.9. The average molecular weight is 615 g/mol. The molecule has 3 aromatic heterocycles. The van der Waals surface area contributed by atoms with Crippen LogP contribution in [-0.4, -0.2) is 77.3 Å². The normalized spacial score (nSPS) is 20.8. The summed E-state index contributed by atoms with van der Waals surface area (Å²) in [5.74, 6) is 0.298.